The molecule has 1 nitrogen and oxygen atoms in total. The van der Waals surface area contributed by atoms with Gasteiger partial charge in [-0.1, -0.05) is 0 Å². The Morgan fingerprint density at radius 2 is 1.45 bits per heavy atom. The minimum absolute atomic E-state index is 1.34. The molecule has 0 bridgehead atoms. The summed E-state index contributed by atoms with van der Waals surface area (Å²) in [5.41, 5.74) is 0. The molecule has 0 saturated carbocycles. The van der Waals surface area contributed by atoms with Crippen molar-refractivity contribution in [2.75, 3.05) is 0 Å². The maximum absolute atomic E-state index is 4.45. The third kappa shape index (κ3) is 5.75. The number of aromatic nitrogens is 1. The number of unbranched alkanes of at least 4 members (excludes halogenated alkanes) is 4. The van der Waals surface area contributed by atoms with Crippen molar-refractivity contribution in [3.63, 3.8) is 0 Å². The molecule has 0 aliphatic heterocycles. The molecule has 114 valence electrons. The Balaban J connectivity index is 2.90. The molecular weight excluding hydrogens is 349 g/mol. The van der Waals surface area contributed by atoms with Gasteiger partial charge in [0.15, 0.2) is 0 Å². The fraction of sp³-hybridized carbons (Fsp3) is 0.722. The summed E-state index contributed by atoms with van der Waals surface area (Å²) in [6, 6.07) is 4.57. The molecule has 0 radical (unpaired) electrons. The summed E-state index contributed by atoms with van der Waals surface area (Å²) in [6.45, 7) is 7.00. The van der Waals surface area contributed by atoms with Crippen LogP contribution in [0.25, 0.3) is 0 Å². The second-order valence-corrected chi connectivity index (χ2v) is 19.4. The maximum atomic E-state index is 4.45. The van der Waals surface area contributed by atoms with Crippen molar-refractivity contribution in [3.05, 3.63) is 24.5 Å². The fourth-order valence-electron chi connectivity index (χ4n) is 3.23. The first-order valence-corrected chi connectivity index (χ1v) is 16.2. The van der Waals surface area contributed by atoms with Crippen molar-refractivity contribution in [1.82, 2.24) is 4.98 Å². The molecule has 0 saturated heterocycles. The monoisotopic (exact) mass is 383 g/mol. The number of nitrogens with zero attached hydrogens (tertiary/aromatic N) is 1. The van der Waals surface area contributed by atoms with E-state index in [2.05, 4.69) is 44.1 Å². The zero-order chi connectivity index (χ0) is 14.7. The van der Waals surface area contributed by atoms with Crippen molar-refractivity contribution in [3.8, 4) is 0 Å². The van der Waals surface area contributed by atoms with E-state index in [1.807, 2.05) is 6.20 Å². The molecule has 0 fully saturated rings. The molecule has 1 rings (SSSR count). The standard InChI is InChI=1S/C5H4N.C5H11.2C4H9.Sn/c1-2-4-6-5-3-1;1-3-5-4-2;2*1-3-4-2;/h1-2,4-5H;1,3-5H2,2H3;2*1,3-4H2,2H3;. The molecule has 0 spiro atoms. The molecule has 0 aliphatic carbocycles. The van der Waals surface area contributed by atoms with E-state index >= 15 is 0 Å². The average molecular weight is 382 g/mol. The van der Waals surface area contributed by atoms with Crippen LogP contribution in [-0.2, 0) is 0 Å². The summed E-state index contributed by atoms with van der Waals surface area (Å²) in [4.78, 5) is 4.45. The van der Waals surface area contributed by atoms with Crippen molar-refractivity contribution < 1.29 is 0 Å². The first-order valence-electron chi connectivity index (χ1n) is 8.69. The van der Waals surface area contributed by atoms with Crippen molar-refractivity contribution in [1.29, 1.82) is 0 Å². The summed E-state index contributed by atoms with van der Waals surface area (Å²) in [6.07, 6.45) is 13.9. The van der Waals surface area contributed by atoms with Crippen LogP contribution < -0.4 is 3.58 Å². The van der Waals surface area contributed by atoms with Crippen LogP contribution in [-0.4, -0.2) is 23.4 Å². The molecule has 0 atom stereocenters. The Labute approximate surface area is 130 Å². The molecule has 20 heavy (non-hydrogen) atoms. The summed E-state index contributed by atoms with van der Waals surface area (Å²) in [5.74, 6) is 0. The Morgan fingerprint density at radius 3 is 1.95 bits per heavy atom. The quantitative estimate of drug-likeness (QED) is 0.362. The van der Waals surface area contributed by atoms with E-state index in [1.165, 1.54) is 44.9 Å². The molecule has 0 N–H and O–H groups in total. The van der Waals surface area contributed by atoms with Crippen LogP contribution in [0.3, 0.4) is 0 Å². The van der Waals surface area contributed by atoms with Crippen LogP contribution in [0.1, 0.15) is 65.7 Å². The van der Waals surface area contributed by atoms with Crippen molar-refractivity contribution >= 4 is 22.0 Å². The summed E-state index contributed by atoms with van der Waals surface area (Å²) < 4.78 is 6.33. The molecule has 0 amide bonds. The van der Waals surface area contributed by atoms with Crippen LogP contribution in [0.2, 0.25) is 13.3 Å². The van der Waals surface area contributed by atoms with Gasteiger partial charge in [0, 0.05) is 0 Å². The van der Waals surface area contributed by atoms with Gasteiger partial charge < -0.3 is 0 Å². The van der Waals surface area contributed by atoms with Gasteiger partial charge >= 0.3 is 130 Å². The van der Waals surface area contributed by atoms with E-state index in [0.29, 0.717) is 0 Å². The second-order valence-electron chi connectivity index (χ2n) is 6.19. The Bertz CT molecular complexity index is 329. The number of hydrogen-bond donors (Lipinski definition) is 0. The van der Waals surface area contributed by atoms with Gasteiger partial charge in [0.1, 0.15) is 0 Å². The van der Waals surface area contributed by atoms with Gasteiger partial charge in [-0.3, -0.25) is 0 Å². The van der Waals surface area contributed by atoms with Crippen molar-refractivity contribution in [2.24, 2.45) is 0 Å². The first kappa shape index (κ1) is 18.0. The third-order valence-electron chi connectivity index (χ3n) is 4.55. The van der Waals surface area contributed by atoms with Gasteiger partial charge in [0.2, 0.25) is 0 Å². The predicted molar refractivity (Wildman–Crippen MR) is 93.4 cm³/mol. The van der Waals surface area contributed by atoms with Gasteiger partial charge in [-0.05, 0) is 0 Å². The summed E-state index contributed by atoms with van der Waals surface area (Å²) in [7, 11) is 0. The summed E-state index contributed by atoms with van der Waals surface area (Å²) >= 11 is -2.18. The third-order valence-corrected chi connectivity index (χ3v) is 20.1. The minimum atomic E-state index is -2.18. The van der Waals surface area contributed by atoms with Gasteiger partial charge in [-0.25, -0.2) is 0 Å². The molecule has 0 aromatic carbocycles. The predicted octanol–water partition coefficient (Wildman–Crippen LogP) is 5.53. The first-order chi connectivity index (χ1) is 9.79. The number of hydrogen-bond acceptors (Lipinski definition) is 1. The zero-order valence-corrected chi connectivity index (χ0v) is 16.7. The van der Waals surface area contributed by atoms with E-state index in [9.17, 15) is 0 Å². The molecule has 2 heteroatoms. The Morgan fingerprint density at radius 1 is 0.850 bits per heavy atom. The van der Waals surface area contributed by atoms with Gasteiger partial charge in [0.25, 0.3) is 0 Å². The average Bonchev–Trinajstić information content (AvgIpc) is 2.51. The topological polar surface area (TPSA) is 12.9 Å². The molecule has 1 aromatic rings. The zero-order valence-electron chi connectivity index (χ0n) is 13.8. The Kier molecular flexibility index (Phi) is 9.58. The van der Waals surface area contributed by atoms with Crippen molar-refractivity contribution in [2.45, 2.75) is 79.0 Å². The van der Waals surface area contributed by atoms with Gasteiger partial charge in [0.05, 0.1) is 0 Å². The SMILES string of the molecule is CCCC[CH2][Sn]([CH2]CCC)([CH2]CCC)[c]1cccnc1. The molecule has 0 unspecified atom stereocenters. The van der Waals surface area contributed by atoms with Crippen LogP contribution in [0.4, 0.5) is 0 Å². The fourth-order valence-corrected chi connectivity index (χ4v) is 18.6. The van der Waals surface area contributed by atoms with E-state index in [0.717, 1.165) is 0 Å². The molecule has 0 aliphatic rings. The van der Waals surface area contributed by atoms with Gasteiger partial charge in [-0.15, -0.1) is 0 Å². The molecule has 1 aromatic heterocycles. The van der Waals surface area contributed by atoms with E-state index < -0.39 is 18.4 Å². The van der Waals surface area contributed by atoms with E-state index in [-0.39, 0.29) is 0 Å². The van der Waals surface area contributed by atoms with Crippen LogP contribution >= 0.6 is 0 Å². The second kappa shape index (κ2) is 10.6. The van der Waals surface area contributed by atoms with Crippen LogP contribution in [0.15, 0.2) is 24.5 Å². The number of rotatable bonds is 11. The normalized spacial score (nSPS) is 11.8. The molecule has 1 heterocycles. The van der Waals surface area contributed by atoms with Gasteiger partial charge in [-0.2, -0.15) is 0 Å². The summed E-state index contributed by atoms with van der Waals surface area (Å²) in [5, 5.41) is 0. The number of pyridine rings is 1. The van der Waals surface area contributed by atoms with E-state index in [4.69, 9.17) is 0 Å². The van der Waals surface area contributed by atoms with Crippen LogP contribution in [0, 0.1) is 0 Å². The van der Waals surface area contributed by atoms with E-state index in [1.54, 1.807) is 16.9 Å². The van der Waals surface area contributed by atoms with Crippen LogP contribution in [0.5, 0.6) is 0 Å². The Hall–Kier alpha value is -0.0513. The molecular formula is C18H33NSn.